The van der Waals surface area contributed by atoms with Crippen LogP contribution in [0.2, 0.25) is 0 Å². The predicted octanol–water partition coefficient (Wildman–Crippen LogP) is 1.95. The minimum absolute atomic E-state index is 0.340. The smallest absolute Gasteiger partial charge is 0.129 e. The molecule has 1 aromatic carbocycles. The summed E-state index contributed by atoms with van der Waals surface area (Å²) in [6, 6.07) is 6.02. The van der Waals surface area contributed by atoms with Crippen LogP contribution in [0.5, 0.6) is 5.75 Å². The molecule has 1 aliphatic rings. The quantitative estimate of drug-likeness (QED) is 0.906. The largest absolute Gasteiger partial charge is 0.487 e. The number of hydrogen-bond donors (Lipinski definition) is 2. The monoisotopic (exact) mass is 305 g/mol. The molecule has 3 rings (SSSR count). The van der Waals surface area contributed by atoms with Gasteiger partial charge in [-0.1, -0.05) is 6.07 Å². The molecule has 2 heterocycles. The SMILES string of the molecule is C[C@]1(O)CN(Cc2ncc[nH]2)CC[C@@H]1Oc1cccc(F)c1. The van der Waals surface area contributed by atoms with Gasteiger partial charge < -0.3 is 14.8 Å². The Morgan fingerprint density at radius 1 is 1.55 bits per heavy atom. The molecule has 0 saturated carbocycles. The number of rotatable bonds is 4. The zero-order valence-corrected chi connectivity index (χ0v) is 12.5. The molecule has 22 heavy (non-hydrogen) atoms. The number of nitrogens with zero attached hydrogens (tertiary/aromatic N) is 2. The fourth-order valence-corrected chi connectivity index (χ4v) is 2.87. The molecule has 0 spiro atoms. The van der Waals surface area contributed by atoms with Gasteiger partial charge in [0.1, 0.15) is 29.1 Å². The van der Waals surface area contributed by atoms with E-state index < -0.39 is 5.60 Å². The number of hydrogen-bond acceptors (Lipinski definition) is 4. The highest BCUT2D eigenvalue weighted by atomic mass is 19.1. The van der Waals surface area contributed by atoms with Crippen LogP contribution in [0.25, 0.3) is 0 Å². The van der Waals surface area contributed by atoms with Crippen molar-refractivity contribution in [2.75, 3.05) is 13.1 Å². The van der Waals surface area contributed by atoms with E-state index in [0.29, 0.717) is 25.3 Å². The van der Waals surface area contributed by atoms with Crippen LogP contribution in [-0.4, -0.2) is 44.8 Å². The molecule has 1 saturated heterocycles. The number of imidazole rings is 1. The van der Waals surface area contributed by atoms with Crippen LogP contribution < -0.4 is 4.74 Å². The lowest BCUT2D eigenvalue weighted by atomic mass is 9.91. The number of halogens is 1. The Morgan fingerprint density at radius 3 is 3.09 bits per heavy atom. The molecule has 1 fully saturated rings. The lowest BCUT2D eigenvalue weighted by Gasteiger charge is -2.42. The Balaban J connectivity index is 1.63. The topological polar surface area (TPSA) is 61.4 Å². The molecule has 2 N–H and O–H groups in total. The van der Waals surface area contributed by atoms with Crippen molar-refractivity contribution in [1.29, 1.82) is 0 Å². The van der Waals surface area contributed by atoms with Crippen LogP contribution in [0.4, 0.5) is 4.39 Å². The van der Waals surface area contributed by atoms with Crippen LogP contribution in [0, 0.1) is 5.82 Å². The Bertz CT molecular complexity index is 616. The van der Waals surface area contributed by atoms with Crippen molar-refractivity contribution in [3.63, 3.8) is 0 Å². The van der Waals surface area contributed by atoms with Gasteiger partial charge in [0.2, 0.25) is 0 Å². The van der Waals surface area contributed by atoms with E-state index in [1.54, 1.807) is 31.5 Å². The van der Waals surface area contributed by atoms with E-state index in [4.69, 9.17) is 4.74 Å². The first-order chi connectivity index (χ1) is 10.5. The van der Waals surface area contributed by atoms with E-state index in [1.807, 2.05) is 0 Å². The summed E-state index contributed by atoms with van der Waals surface area (Å²) in [7, 11) is 0. The molecule has 0 bridgehead atoms. The number of aromatic amines is 1. The van der Waals surface area contributed by atoms with E-state index in [9.17, 15) is 9.50 Å². The number of likely N-dealkylation sites (tertiary alicyclic amines) is 1. The second-order valence-electron chi connectivity index (χ2n) is 5.96. The second kappa shape index (κ2) is 6.06. The number of aliphatic hydroxyl groups is 1. The van der Waals surface area contributed by atoms with Crippen molar-refractivity contribution in [3.05, 3.63) is 48.3 Å². The van der Waals surface area contributed by atoms with Gasteiger partial charge in [-0.15, -0.1) is 0 Å². The molecule has 1 aliphatic heterocycles. The minimum Gasteiger partial charge on any atom is -0.487 e. The molecule has 2 aromatic rings. The first kappa shape index (κ1) is 15.0. The number of piperidine rings is 1. The van der Waals surface area contributed by atoms with Gasteiger partial charge in [0.25, 0.3) is 0 Å². The van der Waals surface area contributed by atoms with Gasteiger partial charge in [-0.2, -0.15) is 0 Å². The molecular weight excluding hydrogens is 285 g/mol. The predicted molar refractivity (Wildman–Crippen MR) is 79.9 cm³/mol. The van der Waals surface area contributed by atoms with Crippen molar-refractivity contribution in [1.82, 2.24) is 14.9 Å². The van der Waals surface area contributed by atoms with Crippen LogP contribution in [-0.2, 0) is 6.54 Å². The molecule has 118 valence electrons. The van der Waals surface area contributed by atoms with Crippen LogP contribution >= 0.6 is 0 Å². The zero-order chi connectivity index (χ0) is 15.6. The van der Waals surface area contributed by atoms with Crippen molar-refractivity contribution in [2.24, 2.45) is 0 Å². The fraction of sp³-hybridized carbons (Fsp3) is 0.438. The van der Waals surface area contributed by atoms with E-state index in [1.165, 1.54) is 12.1 Å². The zero-order valence-electron chi connectivity index (χ0n) is 12.5. The van der Waals surface area contributed by atoms with Crippen molar-refractivity contribution in [3.8, 4) is 5.75 Å². The van der Waals surface area contributed by atoms with Crippen molar-refractivity contribution in [2.45, 2.75) is 31.6 Å². The number of aromatic nitrogens is 2. The highest BCUT2D eigenvalue weighted by Crippen LogP contribution is 2.27. The van der Waals surface area contributed by atoms with Crippen LogP contribution in [0.3, 0.4) is 0 Å². The summed E-state index contributed by atoms with van der Waals surface area (Å²) in [6.45, 7) is 3.69. The number of ether oxygens (including phenoxy) is 1. The average Bonchev–Trinajstić information content (AvgIpc) is 2.94. The first-order valence-corrected chi connectivity index (χ1v) is 7.38. The summed E-state index contributed by atoms with van der Waals surface area (Å²) in [5, 5.41) is 10.7. The van der Waals surface area contributed by atoms with Gasteiger partial charge in [-0.05, 0) is 25.5 Å². The molecular formula is C16H20FN3O2. The molecule has 0 amide bonds. The van der Waals surface area contributed by atoms with Gasteiger partial charge in [0.05, 0.1) is 6.54 Å². The van der Waals surface area contributed by atoms with Crippen LogP contribution in [0.1, 0.15) is 19.2 Å². The number of benzene rings is 1. The van der Waals surface area contributed by atoms with Gasteiger partial charge in [-0.3, -0.25) is 4.90 Å². The van der Waals surface area contributed by atoms with Gasteiger partial charge in [-0.25, -0.2) is 9.37 Å². The maximum absolute atomic E-state index is 13.2. The molecule has 6 heteroatoms. The average molecular weight is 305 g/mol. The lowest BCUT2D eigenvalue weighted by molar-refractivity contribution is -0.0997. The lowest BCUT2D eigenvalue weighted by Crippen LogP contribution is -2.56. The van der Waals surface area contributed by atoms with Crippen LogP contribution in [0.15, 0.2) is 36.7 Å². The second-order valence-corrected chi connectivity index (χ2v) is 5.96. The summed E-state index contributed by atoms with van der Waals surface area (Å²) in [5.41, 5.74) is -1.00. The third-order valence-corrected chi connectivity index (χ3v) is 3.95. The first-order valence-electron chi connectivity index (χ1n) is 7.38. The molecule has 5 nitrogen and oxygen atoms in total. The summed E-state index contributed by atoms with van der Waals surface area (Å²) in [5.74, 6) is 0.984. The Kier molecular flexibility index (Phi) is 4.13. The molecule has 1 aromatic heterocycles. The molecule has 0 radical (unpaired) electrons. The summed E-state index contributed by atoms with van der Waals surface area (Å²) >= 11 is 0. The summed E-state index contributed by atoms with van der Waals surface area (Å²) in [4.78, 5) is 9.39. The standard InChI is InChI=1S/C16H20FN3O2/c1-16(21)11-20(10-15-18-6-7-19-15)8-5-14(16)22-13-4-2-3-12(17)9-13/h2-4,6-7,9,14,21H,5,8,10-11H2,1H3,(H,18,19)/t14-,16-/m0/s1. The Labute approximate surface area is 128 Å². The third kappa shape index (κ3) is 3.45. The van der Waals surface area contributed by atoms with E-state index in [-0.39, 0.29) is 11.9 Å². The molecule has 0 unspecified atom stereocenters. The van der Waals surface area contributed by atoms with Gasteiger partial charge >= 0.3 is 0 Å². The number of nitrogens with one attached hydrogen (secondary N) is 1. The maximum Gasteiger partial charge on any atom is 0.129 e. The fourth-order valence-electron chi connectivity index (χ4n) is 2.87. The van der Waals surface area contributed by atoms with E-state index in [0.717, 1.165) is 12.4 Å². The van der Waals surface area contributed by atoms with Crippen molar-refractivity contribution < 1.29 is 14.2 Å². The maximum atomic E-state index is 13.2. The molecule has 2 atom stereocenters. The number of H-pyrrole nitrogens is 1. The normalized spacial score (nSPS) is 26.0. The minimum atomic E-state index is -1.00. The highest BCUT2D eigenvalue weighted by molar-refractivity contribution is 5.23. The summed E-state index contributed by atoms with van der Waals surface area (Å²) < 4.78 is 19.0. The van der Waals surface area contributed by atoms with Crippen molar-refractivity contribution >= 4 is 0 Å². The van der Waals surface area contributed by atoms with Gasteiger partial charge in [0, 0.05) is 31.5 Å². The third-order valence-electron chi connectivity index (χ3n) is 3.95. The Morgan fingerprint density at radius 2 is 2.41 bits per heavy atom. The molecule has 0 aliphatic carbocycles. The highest BCUT2D eigenvalue weighted by Gasteiger charge is 2.39. The van der Waals surface area contributed by atoms with E-state index in [2.05, 4.69) is 14.9 Å². The van der Waals surface area contributed by atoms with Gasteiger partial charge in [0.15, 0.2) is 0 Å². The summed E-state index contributed by atoms with van der Waals surface area (Å²) in [6.07, 6.45) is 3.81. The van der Waals surface area contributed by atoms with E-state index >= 15 is 0 Å². The Hall–Kier alpha value is -1.92. The number of β-amino-alcohol motifs (C(OH)–C–C–N with tert-alkyl or cyclic N) is 1.